The lowest BCUT2D eigenvalue weighted by Gasteiger charge is -2.20. The summed E-state index contributed by atoms with van der Waals surface area (Å²) < 4.78 is 44.9. The molecule has 196 valence electrons. The summed E-state index contributed by atoms with van der Waals surface area (Å²) in [6.45, 7) is -0.218. The smallest absolute Gasteiger partial charge is 0.325 e. The Morgan fingerprint density at radius 3 is 2.34 bits per heavy atom. The van der Waals surface area contributed by atoms with E-state index >= 15 is 0 Å². The van der Waals surface area contributed by atoms with Gasteiger partial charge in [0.05, 0.1) is 34.4 Å². The normalized spacial score (nSPS) is 12.9. The SMILES string of the molecule is COC(=O)Cn1c(=NC(=O)c2ccc(S(=O)(=O)N(CCC#N)CCC#N)cc2)sc2cc3c(cc21)OCO3. The van der Waals surface area contributed by atoms with E-state index in [1.54, 1.807) is 12.1 Å². The quantitative estimate of drug-likeness (QED) is 0.360. The molecule has 1 aliphatic heterocycles. The molecule has 12 nitrogen and oxygen atoms in total. The summed E-state index contributed by atoms with van der Waals surface area (Å²) in [5.41, 5.74) is 0.730. The van der Waals surface area contributed by atoms with Crippen molar-refractivity contribution < 1.29 is 32.2 Å². The van der Waals surface area contributed by atoms with Gasteiger partial charge in [-0.2, -0.15) is 19.8 Å². The molecule has 14 heteroatoms. The summed E-state index contributed by atoms with van der Waals surface area (Å²) in [5, 5.41) is 17.7. The van der Waals surface area contributed by atoms with Crippen LogP contribution in [0.1, 0.15) is 23.2 Å². The Kier molecular flexibility index (Phi) is 8.07. The molecule has 1 aliphatic rings. The standard InChI is InChI=1S/C24H21N5O7S2/c1-34-22(30)14-29-18-12-19-20(36-15-35-19)13-21(18)37-24(29)27-23(31)16-4-6-17(7-5-16)38(32,33)28(10-2-8-25)11-3-9-26/h4-7,12-13H,2-3,10-11,14-15H2,1H3. The van der Waals surface area contributed by atoms with E-state index in [4.69, 9.17) is 24.7 Å². The van der Waals surface area contributed by atoms with E-state index in [-0.39, 0.29) is 54.5 Å². The number of carbonyl (C=O) groups excluding carboxylic acids is 2. The van der Waals surface area contributed by atoms with Crippen LogP contribution in [0.25, 0.3) is 10.2 Å². The van der Waals surface area contributed by atoms with Crippen LogP contribution in [0.4, 0.5) is 0 Å². The number of methoxy groups -OCH3 is 1. The second-order valence-corrected chi connectivity index (χ2v) is 10.8. The van der Waals surface area contributed by atoms with E-state index in [0.29, 0.717) is 21.7 Å². The highest BCUT2D eigenvalue weighted by Gasteiger charge is 2.24. The van der Waals surface area contributed by atoms with Gasteiger partial charge in [0.1, 0.15) is 6.54 Å². The van der Waals surface area contributed by atoms with E-state index < -0.39 is 21.9 Å². The molecule has 0 saturated heterocycles. The predicted molar refractivity (Wildman–Crippen MR) is 134 cm³/mol. The van der Waals surface area contributed by atoms with Crippen molar-refractivity contribution in [1.82, 2.24) is 8.87 Å². The Bertz CT molecular complexity index is 1630. The first kappa shape index (κ1) is 26.8. The van der Waals surface area contributed by atoms with Crippen LogP contribution in [-0.4, -0.2) is 56.2 Å². The van der Waals surface area contributed by atoms with Crippen molar-refractivity contribution in [3.05, 3.63) is 46.8 Å². The third kappa shape index (κ3) is 5.52. The van der Waals surface area contributed by atoms with E-state index in [0.717, 1.165) is 4.31 Å². The van der Waals surface area contributed by atoms with Gasteiger partial charge in [-0.1, -0.05) is 11.3 Å². The first-order chi connectivity index (χ1) is 18.3. The Morgan fingerprint density at radius 2 is 1.74 bits per heavy atom. The Hall–Kier alpha value is -4.24. The molecule has 0 N–H and O–H groups in total. The van der Waals surface area contributed by atoms with E-state index in [1.807, 2.05) is 12.1 Å². The first-order valence-electron chi connectivity index (χ1n) is 11.2. The van der Waals surface area contributed by atoms with Gasteiger partial charge in [0, 0.05) is 43.6 Å². The molecule has 3 aromatic rings. The number of rotatable bonds is 9. The number of benzene rings is 2. The van der Waals surface area contributed by atoms with Gasteiger partial charge in [0.25, 0.3) is 5.91 Å². The number of sulfonamides is 1. The number of thiazole rings is 1. The average Bonchev–Trinajstić information content (AvgIpc) is 3.50. The van der Waals surface area contributed by atoms with E-state index in [1.165, 1.54) is 47.3 Å². The molecule has 0 unspecified atom stereocenters. The summed E-state index contributed by atoms with van der Waals surface area (Å²) in [6, 6.07) is 12.4. The number of carbonyl (C=O) groups is 2. The van der Waals surface area contributed by atoms with Gasteiger partial charge in [-0.15, -0.1) is 0 Å². The average molecular weight is 556 g/mol. The summed E-state index contributed by atoms with van der Waals surface area (Å²) in [5.74, 6) is -0.146. The molecule has 38 heavy (non-hydrogen) atoms. The highest BCUT2D eigenvalue weighted by Crippen LogP contribution is 2.37. The minimum atomic E-state index is -3.98. The van der Waals surface area contributed by atoms with Crippen molar-refractivity contribution in [2.75, 3.05) is 27.0 Å². The fourth-order valence-electron chi connectivity index (χ4n) is 3.66. The lowest BCUT2D eigenvalue weighted by Crippen LogP contribution is -2.32. The van der Waals surface area contributed by atoms with Crippen LogP contribution in [-0.2, 0) is 26.1 Å². The van der Waals surface area contributed by atoms with Gasteiger partial charge >= 0.3 is 5.97 Å². The maximum Gasteiger partial charge on any atom is 0.325 e. The number of aromatic nitrogens is 1. The van der Waals surface area contributed by atoms with Crippen LogP contribution in [0.2, 0.25) is 0 Å². The first-order valence-corrected chi connectivity index (χ1v) is 13.5. The zero-order valence-electron chi connectivity index (χ0n) is 20.1. The summed E-state index contributed by atoms with van der Waals surface area (Å²) in [7, 11) is -2.73. The lowest BCUT2D eigenvalue weighted by atomic mass is 10.2. The number of ether oxygens (including phenoxy) is 3. The molecule has 4 rings (SSSR count). The molecule has 0 radical (unpaired) electrons. The van der Waals surface area contributed by atoms with Crippen LogP contribution in [0.5, 0.6) is 11.5 Å². The number of nitrogens with zero attached hydrogens (tertiary/aromatic N) is 5. The van der Waals surface area contributed by atoms with Crippen LogP contribution in [0.15, 0.2) is 46.3 Å². The molecule has 2 aromatic carbocycles. The maximum absolute atomic E-state index is 13.0. The van der Waals surface area contributed by atoms with Gasteiger partial charge < -0.3 is 18.8 Å². The van der Waals surface area contributed by atoms with Crippen molar-refractivity contribution in [3.63, 3.8) is 0 Å². The number of hydrogen-bond donors (Lipinski definition) is 0. The molecule has 0 bridgehead atoms. The molecule has 0 atom stereocenters. The molecule has 0 fully saturated rings. The largest absolute Gasteiger partial charge is 0.468 e. The fourth-order valence-corrected chi connectivity index (χ4v) is 6.14. The van der Waals surface area contributed by atoms with Gasteiger partial charge in [0.2, 0.25) is 16.8 Å². The zero-order valence-corrected chi connectivity index (χ0v) is 21.8. The Labute approximate surface area is 221 Å². The van der Waals surface area contributed by atoms with Crippen molar-refractivity contribution >= 4 is 43.5 Å². The summed E-state index contributed by atoms with van der Waals surface area (Å²) >= 11 is 1.17. The second-order valence-electron chi connectivity index (χ2n) is 7.88. The molecule has 0 saturated carbocycles. The third-order valence-corrected chi connectivity index (χ3v) is 8.53. The van der Waals surface area contributed by atoms with Crippen LogP contribution in [0, 0.1) is 22.7 Å². The maximum atomic E-state index is 13.0. The van der Waals surface area contributed by atoms with Gasteiger partial charge in [-0.05, 0) is 24.3 Å². The number of fused-ring (bicyclic) bond motifs is 2. The lowest BCUT2D eigenvalue weighted by molar-refractivity contribution is -0.141. The molecular weight excluding hydrogens is 534 g/mol. The number of nitriles is 2. The van der Waals surface area contributed by atoms with Crippen molar-refractivity contribution in [3.8, 4) is 23.6 Å². The Balaban J connectivity index is 1.67. The summed E-state index contributed by atoms with van der Waals surface area (Å²) in [4.78, 5) is 29.4. The molecule has 1 aromatic heterocycles. The number of amides is 1. The van der Waals surface area contributed by atoms with Gasteiger partial charge in [0.15, 0.2) is 16.3 Å². The zero-order chi connectivity index (χ0) is 27.3. The van der Waals surface area contributed by atoms with Gasteiger partial charge in [-0.25, -0.2) is 8.42 Å². The molecule has 0 spiro atoms. The number of esters is 1. The Morgan fingerprint density at radius 1 is 1.11 bits per heavy atom. The second kappa shape index (κ2) is 11.4. The highest BCUT2D eigenvalue weighted by atomic mass is 32.2. The van der Waals surface area contributed by atoms with Crippen LogP contribution < -0.4 is 14.3 Å². The molecule has 2 heterocycles. The minimum absolute atomic E-state index is 0.0257. The molecule has 1 amide bonds. The number of hydrogen-bond acceptors (Lipinski definition) is 10. The van der Waals surface area contributed by atoms with Gasteiger partial charge in [-0.3, -0.25) is 9.59 Å². The molecule has 0 aliphatic carbocycles. The van der Waals surface area contributed by atoms with Crippen molar-refractivity contribution in [2.24, 2.45) is 4.99 Å². The van der Waals surface area contributed by atoms with E-state index in [2.05, 4.69) is 4.99 Å². The predicted octanol–water partition coefficient (Wildman–Crippen LogP) is 2.16. The fraction of sp³-hybridized carbons (Fsp3) is 0.292. The monoisotopic (exact) mass is 555 g/mol. The molecular formula is C24H21N5O7S2. The van der Waals surface area contributed by atoms with E-state index in [9.17, 15) is 18.0 Å². The highest BCUT2D eigenvalue weighted by molar-refractivity contribution is 7.89. The summed E-state index contributed by atoms with van der Waals surface area (Å²) in [6.07, 6.45) is -0.0514. The van der Waals surface area contributed by atoms with Crippen LogP contribution >= 0.6 is 11.3 Å². The third-order valence-electron chi connectivity index (χ3n) is 5.57. The topological polar surface area (TPSA) is 164 Å². The van der Waals surface area contributed by atoms with Crippen LogP contribution in [0.3, 0.4) is 0 Å². The minimum Gasteiger partial charge on any atom is -0.468 e. The van der Waals surface area contributed by atoms with Crippen molar-refractivity contribution in [2.45, 2.75) is 24.3 Å². The van der Waals surface area contributed by atoms with Crippen molar-refractivity contribution in [1.29, 1.82) is 10.5 Å².